The topological polar surface area (TPSA) is 54.2 Å². The van der Waals surface area contributed by atoms with Gasteiger partial charge >= 0.3 is 0 Å². The fourth-order valence-corrected chi connectivity index (χ4v) is 1.36. The molecule has 1 aromatic rings. The molecule has 90 valence electrons. The zero-order chi connectivity index (χ0) is 12.2. The van der Waals surface area contributed by atoms with Crippen molar-refractivity contribution in [2.75, 3.05) is 12.5 Å². The zero-order valence-electron chi connectivity index (χ0n) is 10.6. The van der Waals surface area contributed by atoms with E-state index in [1.165, 1.54) is 5.56 Å². The third-order valence-electron chi connectivity index (χ3n) is 3.29. The lowest BCUT2D eigenvalue weighted by atomic mass is 9.99. The van der Waals surface area contributed by atoms with Crippen LogP contribution in [0, 0.1) is 0 Å². The number of aromatic nitrogens is 1. The van der Waals surface area contributed by atoms with Gasteiger partial charge in [-0.05, 0) is 38.9 Å². The van der Waals surface area contributed by atoms with Gasteiger partial charge in [0.15, 0.2) is 0 Å². The molecule has 0 radical (unpaired) electrons. The van der Waals surface area contributed by atoms with Crippen molar-refractivity contribution in [2.24, 2.45) is 5.84 Å². The lowest BCUT2D eigenvalue weighted by Crippen LogP contribution is -2.39. The van der Waals surface area contributed by atoms with Crippen LogP contribution in [0.2, 0.25) is 0 Å². The maximum Gasteiger partial charge on any atom is 0.139 e. The maximum atomic E-state index is 5.27. The Balaban J connectivity index is 2.66. The molecular weight excluding hydrogens is 200 g/mol. The Morgan fingerprint density at radius 2 is 2.12 bits per heavy atom. The van der Waals surface area contributed by atoms with E-state index in [0.29, 0.717) is 5.82 Å². The summed E-state index contributed by atoms with van der Waals surface area (Å²) in [5.74, 6) is 5.96. The Hall–Kier alpha value is -1.13. The van der Waals surface area contributed by atoms with Gasteiger partial charge < -0.3 is 5.43 Å². The highest BCUT2D eigenvalue weighted by Gasteiger charge is 2.20. The number of nitrogen functional groups attached to an aromatic ring is 1. The Bertz CT molecular complexity index is 318. The standard InChI is InChI=1S/C12H22N4/c1-5-12(2,3)16(4)9-10-6-7-11(15-13)14-8-10/h6-8H,5,9,13H2,1-4H3,(H,14,15). The van der Waals surface area contributed by atoms with Crippen molar-refractivity contribution in [3.05, 3.63) is 23.9 Å². The molecule has 0 aliphatic carbocycles. The largest absolute Gasteiger partial charge is 0.308 e. The number of anilines is 1. The number of nitrogens with zero attached hydrogens (tertiary/aromatic N) is 2. The molecule has 0 aliphatic heterocycles. The summed E-state index contributed by atoms with van der Waals surface area (Å²) in [5.41, 5.74) is 3.93. The van der Waals surface area contributed by atoms with E-state index >= 15 is 0 Å². The molecule has 1 rings (SSSR count). The van der Waals surface area contributed by atoms with Gasteiger partial charge in [-0.25, -0.2) is 10.8 Å². The molecule has 0 aliphatic rings. The number of hydrazine groups is 1. The molecule has 4 nitrogen and oxygen atoms in total. The molecule has 0 bridgehead atoms. The van der Waals surface area contributed by atoms with Gasteiger partial charge in [0, 0.05) is 18.3 Å². The van der Waals surface area contributed by atoms with Crippen LogP contribution in [-0.2, 0) is 6.54 Å². The Morgan fingerprint density at radius 3 is 2.56 bits per heavy atom. The van der Waals surface area contributed by atoms with Crippen molar-refractivity contribution in [3.63, 3.8) is 0 Å². The second-order valence-corrected chi connectivity index (χ2v) is 4.72. The number of nitrogens with two attached hydrogens (primary N) is 1. The van der Waals surface area contributed by atoms with Crippen molar-refractivity contribution in [1.82, 2.24) is 9.88 Å². The van der Waals surface area contributed by atoms with Crippen LogP contribution in [0.15, 0.2) is 18.3 Å². The predicted octanol–water partition coefficient (Wildman–Crippen LogP) is 1.99. The first-order valence-electron chi connectivity index (χ1n) is 5.62. The van der Waals surface area contributed by atoms with Gasteiger partial charge in [0.05, 0.1) is 0 Å². The van der Waals surface area contributed by atoms with Gasteiger partial charge in [-0.15, -0.1) is 0 Å². The van der Waals surface area contributed by atoms with Crippen LogP contribution in [0.1, 0.15) is 32.8 Å². The summed E-state index contributed by atoms with van der Waals surface area (Å²) < 4.78 is 0. The van der Waals surface area contributed by atoms with Crippen LogP contribution in [0.4, 0.5) is 5.82 Å². The SMILES string of the molecule is CCC(C)(C)N(C)Cc1ccc(NN)nc1. The lowest BCUT2D eigenvalue weighted by Gasteiger charge is -2.34. The molecule has 0 amide bonds. The summed E-state index contributed by atoms with van der Waals surface area (Å²) in [5, 5.41) is 0. The molecule has 0 aromatic carbocycles. The van der Waals surface area contributed by atoms with E-state index in [9.17, 15) is 0 Å². The van der Waals surface area contributed by atoms with Crippen LogP contribution in [-0.4, -0.2) is 22.5 Å². The van der Waals surface area contributed by atoms with Crippen molar-refractivity contribution in [1.29, 1.82) is 0 Å². The summed E-state index contributed by atoms with van der Waals surface area (Å²) in [4.78, 5) is 6.53. The number of nitrogens with one attached hydrogen (secondary N) is 1. The van der Waals surface area contributed by atoms with Gasteiger partial charge in [0.1, 0.15) is 5.82 Å². The van der Waals surface area contributed by atoms with Crippen LogP contribution < -0.4 is 11.3 Å². The van der Waals surface area contributed by atoms with Crippen molar-refractivity contribution in [3.8, 4) is 0 Å². The summed E-state index contributed by atoms with van der Waals surface area (Å²) in [7, 11) is 2.14. The van der Waals surface area contributed by atoms with Gasteiger partial charge in [0.2, 0.25) is 0 Å². The second-order valence-electron chi connectivity index (χ2n) is 4.72. The van der Waals surface area contributed by atoms with Crippen LogP contribution >= 0.6 is 0 Å². The lowest BCUT2D eigenvalue weighted by molar-refractivity contribution is 0.143. The summed E-state index contributed by atoms with van der Waals surface area (Å²) in [6.45, 7) is 7.60. The minimum absolute atomic E-state index is 0.213. The summed E-state index contributed by atoms with van der Waals surface area (Å²) in [6.07, 6.45) is 2.98. The first-order valence-corrected chi connectivity index (χ1v) is 5.62. The Morgan fingerprint density at radius 1 is 1.44 bits per heavy atom. The average Bonchev–Trinajstić information content (AvgIpc) is 2.30. The zero-order valence-corrected chi connectivity index (χ0v) is 10.6. The van der Waals surface area contributed by atoms with Gasteiger partial charge in [-0.1, -0.05) is 13.0 Å². The van der Waals surface area contributed by atoms with E-state index in [1.54, 1.807) is 0 Å². The van der Waals surface area contributed by atoms with Crippen LogP contribution in [0.3, 0.4) is 0 Å². The minimum Gasteiger partial charge on any atom is -0.308 e. The smallest absolute Gasteiger partial charge is 0.139 e. The number of hydrogen-bond acceptors (Lipinski definition) is 4. The van der Waals surface area contributed by atoms with Gasteiger partial charge in [-0.2, -0.15) is 0 Å². The van der Waals surface area contributed by atoms with Crippen molar-refractivity contribution in [2.45, 2.75) is 39.3 Å². The fraction of sp³-hybridized carbons (Fsp3) is 0.583. The molecular formula is C12H22N4. The molecule has 0 atom stereocenters. The van der Waals surface area contributed by atoms with E-state index in [0.717, 1.165) is 13.0 Å². The van der Waals surface area contributed by atoms with E-state index in [-0.39, 0.29) is 5.54 Å². The quantitative estimate of drug-likeness (QED) is 0.591. The number of rotatable bonds is 5. The molecule has 1 heterocycles. The minimum atomic E-state index is 0.213. The monoisotopic (exact) mass is 222 g/mol. The average molecular weight is 222 g/mol. The van der Waals surface area contributed by atoms with Crippen LogP contribution in [0.5, 0.6) is 0 Å². The highest BCUT2D eigenvalue weighted by Crippen LogP contribution is 2.19. The van der Waals surface area contributed by atoms with E-state index in [2.05, 4.69) is 43.1 Å². The first kappa shape index (κ1) is 12.9. The van der Waals surface area contributed by atoms with Crippen molar-refractivity contribution < 1.29 is 0 Å². The van der Waals surface area contributed by atoms with E-state index < -0.39 is 0 Å². The Labute approximate surface area is 97.8 Å². The second kappa shape index (κ2) is 5.27. The van der Waals surface area contributed by atoms with E-state index in [1.807, 2.05) is 18.3 Å². The molecule has 16 heavy (non-hydrogen) atoms. The summed E-state index contributed by atoms with van der Waals surface area (Å²) in [6, 6.07) is 3.94. The number of pyridine rings is 1. The molecule has 1 aromatic heterocycles. The Kier molecular flexibility index (Phi) is 4.26. The molecule has 0 spiro atoms. The highest BCUT2D eigenvalue weighted by atomic mass is 15.2. The predicted molar refractivity (Wildman–Crippen MR) is 67.9 cm³/mol. The third kappa shape index (κ3) is 3.18. The molecule has 0 saturated carbocycles. The van der Waals surface area contributed by atoms with Crippen molar-refractivity contribution >= 4 is 5.82 Å². The first-order chi connectivity index (χ1) is 7.49. The van der Waals surface area contributed by atoms with Crippen LogP contribution in [0.25, 0.3) is 0 Å². The molecule has 0 unspecified atom stereocenters. The third-order valence-corrected chi connectivity index (χ3v) is 3.29. The maximum absolute atomic E-state index is 5.27. The molecule has 0 fully saturated rings. The summed E-state index contributed by atoms with van der Waals surface area (Å²) >= 11 is 0. The highest BCUT2D eigenvalue weighted by molar-refractivity contribution is 5.33. The molecule has 0 saturated heterocycles. The van der Waals surface area contributed by atoms with Gasteiger partial charge in [-0.3, -0.25) is 4.90 Å². The van der Waals surface area contributed by atoms with E-state index in [4.69, 9.17) is 5.84 Å². The van der Waals surface area contributed by atoms with Gasteiger partial charge in [0.25, 0.3) is 0 Å². The molecule has 4 heteroatoms. The number of hydrogen-bond donors (Lipinski definition) is 2. The fourth-order valence-electron chi connectivity index (χ4n) is 1.36. The molecule has 3 N–H and O–H groups in total. The normalized spacial score (nSPS) is 11.9.